The van der Waals surface area contributed by atoms with Crippen molar-refractivity contribution < 1.29 is 22.1 Å². The van der Waals surface area contributed by atoms with Crippen molar-refractivity contribution in [2.75, 3.05) is 36.6 Å². The van der Waals surface area contributed by atoms with E-state index in [0.717, 1.165) is 10.6 Å². The van der Waals surface area contributed by atoms with Gasteiger partial charge in [0.05, 0.1) is 28.9 Å². The summed E-state index contributed by atoms with van der Waals surface area (Å²) in [6.07, 6.45) is 1.63. The number of urea groups is 1. The van der Waals surface area contributed by atoms with Crippen LogP contribution < -0.4 is 15.5 Å². The van der Waals surface area contributed by atoms with E-state index in [4.69, 9.17) is 4.52 Å². The fraction of sp³-hybridized carbons (Fsp3) is 0.368. The zero-order chi connectivity index (χ0) is 23.3. The van der Waals surface area contributed by atoms with Gasteiger partial charge in [-0.3, -0.25) is 5.32 Å². The molecule has 174 valence electrons. The third-order valence-corrected chi connectivity index (χ3v) is 7.98. The van der Waals surface area contributed by atoms with Crippen LogP contribution in [0.3, 0.4) is 0 Å². The number of nitrogens with zero attached hydrogens (tertiary/aromatic N) is 5. The number of hydrogen-bond donors (Lipinski definition) is 2. The molecule has 5 rings (SSSR count). The molecule has 4 heterocycles. The molecule has 1 fully saturated rings. The Morgan fingerprint density at radius 3 is 2.70 bits per heavy atom. The second kappa shape index (κ2) is 8.04. The first-order chi connectivity index (χ1) is 15.7. The van der Waals surface area contributed by atoms with E-state index < -0.39 is 16.1 Å². The molecule has 3 aromatic rings. The van der Waals surface area contributed by atoms with Crippen LogP contribution in [0.25, 0.3) is 11.4 Å². The number of thiazole rings is 1. The summed E-state index contributed by atoms with van der Waals surface area (Å²) in [6.45, 7) is 0.414. The zero-order valence-corrected chi connectivity index (χ0v) is 19.3. The minimum Gasteiger partial charge on any atom is -0.341 e. The van der Waals surface area contributed by atoms with Crippen LogP contribution in [0.1, 0.15) is 16.6 Å². The Morgan fingerprint density at radius 1 is 1.24 bits per heavy atom. The van der Waals surface area contributed by atoms with E-state index in [2.05, 4.69) is 25.8 Å². The monoisotopic (exact) mass is 493 g/mol. The van der Waals surface area contributed by atoms with Gasteiger partial charge in [0.15, 0.2) is 5.13 Å². The number of fused-ring (bicyclic) bond motifs is 4. The Hall–Kier alpha value is -3.10. The topological polar surface area (TPSA) is 134 Å². The molecule has 2 N–H and O–H groups in total. The van der Waals surface area contributed by atoms with Crippen LogP contribution in [0.15, 0.2) is 28.8 Å². The van der Waals surface area contributed by atoms with Crippen LogP contribution in [-0.4, -0.2) is 66.3 Å². The van der Waals surface area contributed by atoms with Gasteiger partial charge in [-0.15, -0.1) is 0 Å². The summed E-state index contributed by atoms with van der Waals surface area (Å²) in [5.41, 5.74) is 1.41. The summed E-state index contributed by atoms with van der Waals surface area (Å²) < 4.78 is 44.9. The predicted octanol–water partition coefficient (Wildman–Crippen LogP) is 1.83. The Labute approximate surface area is 192 Å². The van der Waals surface area contributed by atoms with Crippen molar-refractivity contribution >= 4 is 38.5 Å². The van der Waals surface area contributed by atoms with Crippen molar-refractivity contribution in [3.05, 3.63) is 40.7 Å². The summed E-state index contributed by atoms with van der Waals surface area (Å²) in [4.78, 5) is 23.5. The van der Waals surface area contributed by atoms with E-state index >= 15 is 0 Å². The van der Waals surface area contributed by atoms with Gasteiger partial charge in [-0.2, -0.15) is 9.29 Å². The number of amides is 2. The normalized spacial score (nSPS) is 20.4. The molecule has 0 saturated carbocycles. The molecule has 2 aliphatic rings. The highest BCUT2D eigenvalue weighted by Gasteiger charge is 2.46. The van der Waals surface area contributed by atoms with Crippen LogP contribution in [0, 0.1) is 5.82 Å². The molecular formula is C19H20FN7O4S2. The summed E-state index contributed by atoms with van der Waals surface area (Å²) >= 11 is 1.29. The first kappa shape index (κ1) is 21.7. The number of rotatable bonds is 4. The molecule has 2 unspecified atom stereocenters. The summed E-state index contributed by atoms with van der Waals surface area (Å²) in [6, 6.07) is 4.90. The van der Waals surface area contributed by atoms with Gasteiger partial charge < -0.3 is 14.7 Å². The van der Waals surface area contributed by atoms with Crippen molar-refractivity contribution in [1.82, 2.24) is 24.7 Å². The zero-order valence-electron chi connectivity index (χ0n) is 17.6. The molecule has 33 heavy (non-hydrogen) atoms. The third-order valence-electron chi connectivity index (χ3n) is 5.63. The number of carbonyl (C=O) groups is 1. The van der Waals surface area contributed by atoms with Crippen molar-refractivity contribution in [2.24, 2.45) is 0 Å². The second-order valence-electron chi connectivity index (χ2n) is 7.80. The van der Waals surface area contributed by atoms with E-state index in [1.165, 1.54) is 41.1 Å². The lowest BCUT2D eigenvalue weighted by atomic mass is 9.95. The van der Waals surface area contributed by atoms with Gasteiger partial charge >= 0.3 is 12.0 Å². The van der Waals surface area contributed by atoms with Gasteiger partial charge in [-0.25, -0.2) is 22.6 Å². The SMILES string of the molecule is CNC(=O)Nc1nc2c(s1)C1CN(S(C)(=O)=O)CC(C2)N1c1nc(-c2ccc(F)cc2)no1. The molecule has 0 aliphatic carbocycles. The van der Waals surface area contributed by atoms with Crippen LogP contribution in [0.2, 0.25) is 0 Å². The standard InChI is InChI=1S/C19H20FN7O4S2/c1-21-17(28)24-18-22-13-7-12-8-26(33(2,29)30)9-14(15(13)32-18)27(12)19-23-16(25-31-19)10-3-5-11(20)6-4-10/h3-6,12,14H,7-9H2,1-2H3,(H2,21,22,24,28). The van der Waals surface area contributed by atoms with E-state index in [1.54, 1.807) is 12.1 Å². The number of carbonyl (C=O) groups excluding carboxylic acids is 1. The number of halogens is 1. The maximum atomic E-state index is 13.3. The van der Waals surface area contributed by atoms with Crippen molar-refractivity contribution in [3.8, 4) is 11.4 Å². The van der Waals surface area contributed by atoms with E-state index in [9.17, 15) is 17.6 Å². The van der Waals surface area contributed by atoms with Crippen LogP contribution in [0.4, 0.5) is 20.3 Å². The average Bonchev–Trinajstić information content (AvgIpc) is 3.40. The molecule has 1 saturated heterocycles. The van der Waals surface area contributed by atoms with Crippen LogP contribution >= 0.6 is 11.3 Å². The first-order valence-corrected chi connectivity index (χ1v) is 12.7. The number of piperazine rings is 1. The highest BCUT2D eigenvalue weighted by molar-refractivity contribution is 7.88. The van der Waals surface area contributed by atoms with Gasteiger partial charge in [0, 0.05) is 32.1 Å². The predicted molar refractivity (Wildman–Crippen MR) is 119 cm³/mol. The van der Waals surface area contributed by atoms with Crippen molar-refractivity contribution in [1.29, 1.82) is 0 Å². The van der Waals surface area contributed by atoms with E-state index in [1.807, 2.05) is 4.90 Å². The van der Waals surface area contributed by atoms with Gasteiger partial charge in [-0.1, -0.05) is 16.5 Å². The maximum absolute atomic E-state index is 13.3. The molecule has 2 bridgehead atoms. The molecule has 2 aromatic heterocycles. The van der Waals surface area contributed by atoms with Gasteiger partial charge in [0.25, 0.3) is 0 Å². The largest absolute Gasteiger partial charge is 0.341 e. The molecule has 0 spiro atoms. The van der Waals surface area contributed by atoms with Gasteiger partial charge in [-0.05, 0) is 24.3 Å². The van der Waals surface area contributed by atoms with E-state index in [-0.39, 0.29) is 37.0 Å². The molecule has 2 amide bonds. The Morgan fingerprint density at radius 2 is 2.00 bits per heavy atom. The first-order valence-electron chi connectivity index (χ1n) is 10.0. The molecule has 2 atom stereocenters. The number of hydrogen-bond acceptors (Lipinski definition) is 9. The summed E-state index contributed by atoms with van der Waals surface area (Å²) in [5.74, 6) is -0.0621. The smallest absolute Gasteiger partial charge is 0.325 e. The maximum Gasteiger partial charge on any atom is 0.325 e. The lowest BCUT2D eigenvalue weighted by Gasteiger charge is -2.47. The minimum absolute atomic E-state index is 0.179. The van der Waals surface area contributed by atoms with Gasteiger partial charge in [0.1, 0.15) is 5.82 Å². The van der Waals surface area contributed by atoms with E-state index in [0.29, 0.717) is 22.9 Å². The summed E-state index contributed by atoms with van der Waals surface area (Å²) in [5, 5.41) is 9.63. The minimum atomic E-state index is -3.43. The second-order valence-corrected chi connectivity index (χ2v) is 10.8. The quantitative estimate of drug-likeness (QED) is 0.562. The lowest BCUT2D eigenvalue weighted by molar-refractivity contribution is 0.253. The van der Waals surface area contributed by atoms with Crippen molar-refractivity contribution in [2.45, 2.75) is 18.5 Å². The Balaban J connectivity index is 1.52. The molecule has 1 aromatic carbocycles. The Kier molecular flexibility index (Phi) is 5.29. The average molecular weight is 494 g/mol. The third kappa shape index (κ3) is 4.05. The highest BCUT2D eigenvalue weighted by atomic mass is 32.2. The van der Waals surface area contributed by atoms with Crippen LogP contribution in [-0.2, 0) is 16.4 Å². The molecule has 11 nitrogen and oxygen atoms in total. The molecular weight excluding hydrogens is 473 g/mol. The molecule has 14 heteroatoms. The fourth-order valence-electron chi connectivity index (χ4n) is 4.11. The Bertz CT molecular complexity index is 1310. The number of nitrogens with one attached hydrogen (secondary N) is 2. The lowest BCUT2D eigenvalue weighted by Crippen LogP contribution is -2.59. The number of aromatic nitrogens is 3. The number of anilines is 2. The molecule has 2 aliphatic heterocycles. The van der Waals surface area contributed by atoms with Gasteiger partial charge in [0.2, 0.25) is 15.8 Å². The fourth-order valence-corrected chi connectivity index (χ4v) is 6.04. The highest BCUT2D eigenvalue weighted by Crippen LogP contribution is 2.44. The van der Waals surface area contributed by atoms with Crippen molar-refractivity contribution in [3.63, 3.8) is 0 Å². The summed E-state index contributed by atoms with van der Waals surface area (Å²) in [7, 11) is -1.92. The molecule has 0 radical (unpaired) electrons. The number of sulfonamides is 1. The number of benzene rings is 1. The van der Waals surface area contributed by atoms with Crippen LogP contribution in [0.5, 0.6) is 0 Å².